The molecule has 0 radical (unpaired) electrons. The van der Waals surface area contributed by atoms with Crippen molar-refractivity contribution < 1.29 is 9.47 Å². The number of methoxy groups -OCH3 is 1. The van der Waals surface area contributed by atoms with E-state index in [9.17, 15) is 4.79 Å². The predicted octanol–water partition coefficient (Wildman–Crippen LogP) is 4.89. The quantitative estimate of drug-likeness (QED) is 0.350. The maximum absolute atomic E-state index is 13.9. The third-order valence-electron chi connectivity index (χ3n) is 6.85. The Labute approximate surface area is 219 Å². The lowest BCUT2D eigenvalue weighted by Crippen LogP contribution is -2.38. The van der Waals surface area contributed by atoms with E-state index in [1.165, 1.54) is 16.9 Å². The fourth-order valence-corrected chi connectivity index (χ4v) is 6.16. The largest absolute Gasteiger partial charge is 0.496 e. The number of para-hydroxylation sites is 1. The molecule has 0 spiro atoms. The van der Waals surface area contributed by atoms with Crippen LogP contribution in [0.3, 0.4) is 0 Å². The summed E-state index contributed by atoms with van der Waals surface area (Å²) in [5.74, 6) is 1.53. The van der Waals surface area contributed by atoms with Crippen LogP contribution in [0.4, 0.5) is 0 Å². The van der Waals surface area contributed by atoms with E-state index in [0.717, 1.165) is 52.3 Å². The minimum Gasteiger partial charge on any atom is -0.496 e. The summed E-state index contributed by atoms with van der Waals surface area (Å²) >= 11 is 1.43. The first-order valence-corrected chi connectivity index (χ1v) is 13.1. The molecule has 3 aromatic carbocycles. The number of aromatic nitrogens is 1. The summed E-state index contributed by atoms with van der Waals surface area (Å²) in [4.78, 5) is 19.7. The van der Waals surface area contributed by atoms with E-state index in [0.29, 0.717) is 15.9 Å². The van der Waals surface area contributed by atoms with Gasteiger partial charge in [-0.3, -0.25) is 9.36 Å². The lowest BCUT2D eigenvalue weighted by molar-refractivity contribution is 0.363. The summed E-state index contributed by atoms with van der Waals surface area (Å²) in [6.45, 7) is 4.13. The highest BCUT2D eigenvalue weighted by Gasteiger charge is 2.33. The van der Waals surface area contributed by atoms with E-state index in [4.69, 9.17) is 14.5 Å². The third-order valence-corrected chi connectivity index (χ3v) is 7.84. The molecule has 6 heteroatoms. The van der Waals surface area contributed by atoms with Gasteiger partial charge in [0.05, 0.1) is 23.4 Å². The molecule has 0 saturated heterocycles. The summed E-state index contributed by atoms with van der Waals surface area (Å²) in [7, 11) is 1.68. The Kier molecular flexibility index (Phi) is 6.10. The molecule has 5 nitrogen and oxygen atoms in total. The molecule has 184 valence electrons. The van der Waals surface area contributed by atoms with Crippen molar-refractivity contribution in [2.45, 2.75) is 18.9 Å². The standard InChI is InChI=1S/C31H26N2O3S/c1-3-18-36-22-15-12-20(13-16-22)19-27-30(34)33-29(24-10-6-7-11-26(24)35-2)25-17-14-21-8-4-5-9-23(21)28(25)32-31(33)37-27/h3-13,15-16,19,29H,1,14,17-18H2,2H3/b27-19-/t29-/m1/s1. The van der Waals surface area contributed by atoms with Gasteiger partial charge in [-0.25, -0.2) is 4.99 Å². The normalized spacial score (nSPS) is 16.4. The number of thiazole rings is 1. The maximum atomic E-state index is 13.9. The summed E-state index contributed by atoms with van der Waals surface area (Å²) in [5.41, 5.74) is 6.44. The van der Waals surface area contributed by atoms with E-state index >= 15 is 0 Å². The minimum atomic E-state index is -0.271. The van der Waals surface area contributed by atoms with Crippen molar-refractivity contribution in [3.8, 4) is 11.5 Å². The first kappa shape index (κ1) is 23.3. The molecule has 0 unspecified atom stereocenters. The van der Waals surface area contributed by atoms with Crippen LogP contribution in [0.2, 0.25) is 0 Å². The second kappa shape index (κ2) is 9.71. The van der Waals surface area contributed by atoms with Crippen molar-refractivity contribution in [1.29, 1.82) is 0 Å². The van der Waals surface area contributed by atoms with Gasteiger partial charge in [-0.1, -0.05) is 78.6 Å². The average Bonchev–Trinajstić information content (AvgIpc) is 3.25. The van der Waals surface area contributed by atoms with Gasteiger partial charge >= 0.3 is 0 Å². The summed E-state index contributed by atoms with van der Waals surface area (Å²) in [5, 5.41) is 0. The van der Waals surface area contributed by atoms with E-state index < -0.39 is 0 Å². The number of rotatable bonds is 6. The number of benzene rings is 3. The summed E-state index contributed by atoms with van der Waals surface area (Å²) in [6, 6.07) is 23.9. The van der Waals surface area contributed by atoms with E-state index in [1.54, 1.807) is 13.2 Å². The van der Waals surface area contributed by atoms with Crippen LogP contribution < -0.4 is 24.4 Å². The molecule has 2 heterocycles. The molecule has 6 rings (SSSR count). The van der Waals surface area contributed by atoms with Crippen molar-refractivity contribution >= 4 is 23.1 Å². The molecule has 0 bridgehead atoms. The van der Waals surface area contributed by atoms with Gasteiger partial charge in [0.2, 0.25) is 0 Å². The van der Waals surface area contributed by atoms with Crippen LogP contribution in [0, 0.1) is 0 Å². The Morgan fingerprint density at radius 3 is 2.65 bits per heavy atom. The van der Waals surface area contributed by atoms with Gasteiger partial charge in [0.1, 0.15) is 18.1 Å². The van der Waals surface area contributed by atoms with Crippen LogP contribution in [0.1, 0.15) is 34.7 Å². The lowest BCUT2D eigenvalue weighted by atomic mass is 9.83. The molecular formula is C31H26N2O3S. The lowest BCUT2D eigenvalue weighted by Gasteiger charge is -2.31. The Morgan fingerprint density at radius 2 is 1.84 bits per heavy atom. The van der Waals surface area contributed by atoms with E-state index in [1.807, 2.05) is 53.1 Å². The van der Waals surface area contributed by atoms with Crippen molar-refractivity contribution in [3.05, 3.63) is 133 Å². The molecule has 1 atom stereocenters. The molecule has 0 saturated carbocycles. The highest BCUT2D eigenvalue weighted by atomic mass is 32.1. The van der Waals surface area contributed by atoms with Gasteiger partial charge in [-0.2, -0.15) is 0 Å². The van der Waals surface area contributed by atoms with Gasteiger partial charge in [0, 0.05) is 11.1 Å². The smallest absolute Gasteiger partial charge is 0.271 e. The Bertz CT molecular complexity index is 1710. The van der Waals surface area contributed by atoms with Crippen LogP contribution >= 0.6 is 11.3 Å². The molecule has 4 aromatic rings. The number of ether oxygens (including phenoxy) is 2. The number of nitrogens with zero attached hydrogens (tertiary/aromatic N) is 2. The fraction of sp³-hybridized carbons (Fsp3) is 0.161. The molecule has 2 aliphatic rings. The van der Waals surface area contributed by atoms with E-state index in [-0.39, 0.29) is 11.6 Å². The second-order valence-electron chi connectivity index (χ2n) is 9.02. The van der Waals surface area contributed by atoms with Crippen molar-refractivity contribution in [3.63, 3.8) is 0 Å². The van der Waals surface area contributed by atoms with E-state index in [2.05, 4.69) is 36.9 Å². The molecule has 1 aliphatic heterocycles. The molecule has 0 N–H and O–H groups in total. The topological polar surface area (TPSA) is 52.8 Å². The zero-order valence-electron chi connectivity index (χ0n) is 20.5. The fourth-order valence-electron chi connectivity index (χ4n) is 5.16. The van der Waals surface area contributed by atoms with Gasteiger partial charge in [-0.15, -0.1) is 0 Å². The number of fused-ring (bicyclic) bond motifs is 3. The van der Waals surface area contributed by atoms with Crippen LogP contribution in [-0.4, -0.2) is 18.3 Å². The van der Waals surface area contributed by atoms with Crippen molar-refractivity contribution in [2.24, 2.45) is 4.99 Å². The van der Waals surface area contributed by atoms with Gasteiger partial charge in [-0.05, 0) is 53.8 Å². The highest BCUT2D eigenvalue weighted by molar-refractivity contribution is 7.07. The van der Waals surface area contributed by atoms with Gasteiger partial charge < -0.3 is 9.47 Å². The average molecular weight is 507 g/mol. The summed E-state index contributed by atoms with van der Waals surface area (Å²) < 4.78 is 13.8. The maximum Gasteiger partial charge on any atom is 0.271 e. The molecule has 0 amide bonds. The van der Waals surface area contributed by atoms with Gasteiger partial charge in [0.15, 0.2) is 4.80 Å². The Morgan fingerprint density at radius 1 is 1.05 bits per heavy atom. The van der Waals surface area contributed by atoms with Crippen LogP contribution in [0.15, 0.2) is 101 Å². The van der Waals surface area contributed by atoms with Crippen LogP contribution in [0.25, 0.3) is 11.8 Å². The highest BCUT2D eigenvalue weighted by Crippen LogP contribution is 2.43. The predicted molar refractivity (Wildman–Crippen MR) is 148 cm³/mol. The first-order chi connectivity index (χ1) is 18.2. The summed E-state index contributed by atoms with van der Waals surface area (Å²) in [6.07, 6.45) is 5.40. The number of allylic oxidation sites excluding steroid dienone is 1. The zero-order chi connectivity index (χ0) is 25.4. The molecule has 37 heavy (non-hydrogen) atoms. The molecular weight excluding hydrogens is 480 g/mol. The van der Waals surface area contributed by atoms with Crippen LogP contribution in [0.5, 0.6) is 11.5 Å². The van der Waals surface area contributed by atoms with Crippen LogP contribution in [-0.2, 0) is 6.42 Å². The third kappa shape index (κ3) is 4.13. The molecule has 1 aromatic heterocycles. The Balaban J connectivity index is 1.55. The number of hydrogen-bond acceptors (Lipinski definition) is 5. The monoisotopic (exact) mass is 506 g/mol. The molecule has 1 aliphatic carbocycles. The zero-order valence-corrected chi connectivity index (χ0v) is 21.3. The SMILES string of the molecule is C=CCOc1ccc(/C=c2\sc3n(c2=O)[C@H](c2ccccc2OC)C2=C(N=3)c3ccccc3CC2)cc1. The first-order valence-electron chi connectivity index (χ1n) is 12.3. The number of aryl methyl sites for hydroxylation is 1. The van der Waals surface area contributed by atoms with Gasteiger partial charge in [0.25, 0.3) is 5.56 Å². The second-order valence-corrected chi connectivity index (χ2v) is 10.0. The number of hydrogen-bond donors (Lipinski definition) is 0. The minimum absolute atomic E-state index is 0.0444. The van der Waals surface area contributed by atoms with Crippen molar-refractivity contribution in [2.75, 3.05) is 13.7 Å². The molecule has 0 fully saturated rings. The Hall–Kier alpha value is -4.16. The van der Waals surface area contributed by atoms with Crippen molar-refractivity contribution in [1.82, 2.24) is 4.57 Å².